The summed E-state index contributed by atoms with van der Waals surface area (Å²) < 4.78 is 45.6. The molecule has 3 nitrogen and oxygen atoms in total. The number of ether oxygens (including phenoxy) is 2. The molecule has 1 atom stereocenters. The van der Waals surface area contributed by atoms with Gasteiger partial charge in [-0.1, -0.05) is 51.9 Å². The molecule has 6 heteroatoms. The molecule has 124 valence electrons. The van der Waals surface area contributed by atoms with Crippen LogP contribution >= 0.6 is 0 Å². The van der Waals surface area contributed by atoms with Crippen LogP contribution in [0.15, 0.2) is 11.9 Å². The lowest BCUT2D eigenvalue weighted by atomic mass is 10.1. The summed E-state index contributed by atoms with van der Waals surface area (Å²) in [5.41, 5.74) is 0. The van der Waals surface area contributed by atoms with Crippen molar-refractivity contribution in [1.82, 2.24) is 0 Å². The van der Waals surface area contributed by atoms with Crippen molar-refractivity contribution in [3.05, 3.63) is 11.9 Å². The summed E-state index contributed by atoms with van der Waals surface area (Å²) in [7, 11) is 0. The maximum Gasteiger partial charge on any atom is 0.375 e. The molecule has 0 N–H and O–H groups in total. The third-order valence-corrected chi connectivity index (χ3v) is 2.97. The second kappa shape index (κ2) is 12.7. The zero-order chi connectivity index (χ0) is 16.1. The smallest absolute Gasteiger partial charge is 0.375 e. The molecule has 21 heavy (non-hydrogen) atoms. The number of hydrogen-bond acceptors (Lipinski definition) is 3. The Morgan fingerprint density at radius 3 is 2.00 bits per heavy atom. The van der Waals surface area contributed by atoms with Crippen molar-refractivity contribution in [2.24, 2.45) is 0 Å². The fourth-order valence-electron chi connectivity index (χ4n) is 1.80. The van der Waals surface area contributed by atoms with Crippen molar-refractivity contribution in [2.75, 3.05) is 6.61 Å². The topological polar surface area (TPSA) is 35.5 Å². The Hall–Kier alpha value is -1.04. The normalized spacial score (nSPS) is 12.0. The van der Waals surface area contributed by atoms with E-state index in [4.69, 9.17) is 4.74 Å². The van der Waals surface area contributed by atoms with Gasteiger partial charge in [0.05, 0.1) is 6.61 Å². The van der Waals surface area contributed by atoms with Crippen LogP contribution in [-0.4, -0.2) is 18.9 Å². The maximum atomic E-state index is 12.5. The quantitative estimate of drug-likeness (QED) is 0.217. The van der Waals surface area contributed by atoms with Gasteiger partial charge in [0, 0.05) is 0 Å². The van der Waals surface area contributed by atoms with Gasteiger partial charge in [-0.05, 0) is 13.3 Å². The molecule has 0 radical (unpaired) electrons. The highest BCUT2D eigenvalue weighted by Crippen LogP contribution is 2.13. The Morgan fingerprint density at radius 2 is 1.48 bits per heavy atom. The van der Waals surface area contributed by atoms with Crippen LogP contribution in [0.2, 0.25) is 0 Å². The second-order valence-corrected chi connectivity index (χ2v) is 4.89. The van der Waals surface area contributed by atoms with E-state index in [1.807, 2.05) is 0 Å². The molecule has 0 spiro atoms. The van der Waals surface area contributed by atoms with Crippen LogP contribution in [0.5, 0.6) is 0 Å². The minimum atomic E-state index is -2.68. The van der Waals surface area contributed by atoms with Gasteiger partial charge in [-0.15, -0.1) is 0 Å². The molecule has 0 saturated carbocycles. The molecule has 0 aromatic heterocycles. The molecule has 0 aliphatic carbocycles. The van der Waals surface area contributed by atoms with Gasteiger partial charge in [0.2, 0.25) is 6.29 Å². The van der Waals surface area contributed by atoms with E-state index in [0.29, 0.717) is 6.61 Å². The summed E-state index contributed by atoms with van der Waals surface area (Å²) in [5, 5.41) is 0. The van der Waals surface area contributed by atoms with Gasteiger partial charge < -0.3 is 9.47 Å². The molecule has 0 rings (SSSR count). The lowest BCUT2D eigenvalue weighted by molar-refractivity contribution is -0.172. The Balaban J connectivity index is 3.52. The van der Waals surface area contributed by atoms with E-state index < -0.39 is 24.2 Å². The number of carbonyl (C=O) groups excluding carboxylic acids is 1. The van der Waals surface area contributed by atoms with Crippen LogP contribution in [-0.2, 0) is 14.3 Å². The molecule has 0 aromatic carbocycles. The number of hydrogen-bond donors (Lipinski definition) is 0. The molecule has 0 aromatic rings. The third-order valence-electron chi connectivity index (χ3n) is 2.97. The molecule has 0 saturated heterocycles. The summed E-state index contributed by atoms with van der Waals surface area (Å²) >= 11 is 0. The van der Waals surface area contributed by atoms with Crippen molar-refractivity contribution in [2.45, 2.75) is 71.5 Å². The molecular formula is C15H25F3O3. The van der Waals surface area contributed by atoms with Gasteiger partial charge in [0.25, 0.3) is 5.83 Å². The summed E-state index contributed by atoms with van der Waals surface area (Å²) in [6.07, 6.45) is 5.40. The highest BCUT2D eigenvalue weighted by molar-refractivity contribution is 5.86. The highest BCUT2D eigenvalue weighted by atomic mass is 19.3. The SMILES string of the molecule is CCCCCCCCCCOC(C)OC(=O)C(F)=C(F)F. The van der Waals surface area contributed by atoms with Crippen molar-refractivity contribution in [1.29, 1.82) is 0 Å². The monoisotopic (exact) mass is 310 g/mol. The second-order valence-electron chi connectivity index (χ2n) is 4.89. The Morgan fingerprint density at radius 1 is 0.952 bits per heavy atom. The molecule has 0 fully saturated rings. The van der Waals surface area contributed by atoms with Crippen LogP contribution in [0.1, 0.15) is 65.2 Å². The van der Waals surface area contributed by atoms with E-state index in [2.05, 4.69) is 11.7 Å². The third kappa shape index (κ3) is 11.3. The summed E-state index contributed by atoms with van der Waals surface area (Å²) in [4.78, 5) is 10.8. The number of halogens is 3. The molecule has 1 unspecified atom stereocenters. The molecule has 0 aliphatic heterocycles. The zero-order valence-corrected chi connectivity index (χ0v) is 12.8. The van der Waals surface area contributed by atoms with E-state index in [1.165, 1.54) is 39.0 Å². The first-order chi connectivity index (χ1) is 9.99. The van der Waals surface area contributed by atoms with Crippen molar-refractivity contribution in [3.63, 3.8) is 0 Å². The van der Waals surface area contributed by atoms with Gasteiger partial charge in [-0.2, -0.15) is 13.2 Å². The van der Waals surface area contributed by atoms with Crippen LogP contribution < -0.4 is 0 Å². The van der Waals surface area contributed by atoms with Gasteiger partial charge in [-0.3, -0.25) is 0 Å². The van der Waals surface area contributed by atoms with E-state index in [-0.39, 0.29) is 0 Å². The van der Waals surface area contributed by atoms with Gasteiger partial charge in [0.15, 0.2) is 0 Å². The molecule has 0 heterocycles. The van der Waals surface area contributed by atoms with E-state index >= 15 is 0 Å². The average Bonchev–Trinajstić information content (AvgIpc) is 2.44. The fraction of sp³-hybridized carbons (Fsp3) is 0.800. The van der Waals surface area contributed by atoms with E-state index in [9.17, 15) is 18.0 Å². The molecule has 0 aliphatic rings. The van der Waals surface area contributed by atoms with Crippen LogP contribution in [0.4, 0.5) is 13.2 Å². The van der Waals surface area contributed by atoms with E-state index in [1.54, 1.807) is 0 Å². The number of unbranched alkanes of at least 4 members (excludes halogenated alkanes) is 7. The van der Waals surface area contributed by atoms with Crippen LogP contribution in [0.25, 0.3) is 0 Å². The number of rotatable bonds is 12. The number of esters is 1. The highest BCUT2D eigenvalue weighted by Gasteiger charge is 2.20. The standard InChI is InChI=1S/C15H25F3O3/c1-3-4-5-6-7-8-9-10-11-20-12(2)21-15(19)13(16)14(17)18/h12H,3-11H2,1-2H3. The molecule has 0 amide bonds. The first-order valence-electron chi connectivity index (χ1n) is 7.52. The molecule has 0 bridgehead atoms. The molecular weight excluding hydrogens is 285 g/mol. The summed E-state index contributed by atoms with van der Waals surface area (Å²) in [6, 6.07) is 0. The average molecular weight is 310 g/mol. The lowest BCUT2D eigenvalue weighted by Crippen LogP contribution is -2.19. The zero-order valence-electron chi connectivity index (χ0n) is 12.8. The van der Waals surface area contributed by atoms with Crippen LogP contribution in [0, 0.1) is 0 Å². The summed E-state index contributed by atoms with van der Waals surface area (Å²) in [6.45, 7) is 3.90. The maximum absolute atomic E-state index is 12.5. The summed E-state index contributed by atoms with van der Waals surface area (Å²) in [5.74, 6) is -3.86. The minimum absolute atomic E-state index is 0.354. The predicted molar refractivity (Wildman–Crippen MR) is 74.5 cm³/mol. The van der Waals surface area contributed by atoms with Crippen LogP contribution in [0.3, 0.4) is 0 Å². The van der Waals surface area contributed by atoms with Crippen molar-refractivity contribution >= 4 is 5.97 Å². The van der Waals surface area contributed by atoms with E-state index in [0.717, 1.165) is 19.3 Å². The van der Waals surface area contributed by atoms with Crippen molar-refractivity contribution < 1.29 is 27.4 Å². The first-order valence-corrected chi connectivity index (χ1v) is 7.52. The predicted octanol–water partition coefficient (Wildman–Crippen LogP) is 5.11. The van der Waals surface area contributed by atoms with Gasteiger partial charge in [0.1, 0.15) is 0 Å². The fourth-order valence-corrected chi connectivity index (χ4v) is 1.80. The minimum Gasteiger partial charge on any atom is -0.431 e. The first kappa shape index (κ1) is 20.0. The Bertz CT molecular complexity index is 315. The lowest BCUT2D eigenvalue weighted by Gasteiger charge is -2.13. The van der Waals surface area contributed by atoms with Gasteiger partial charge >= 0.3 is 12.0 Å². The van der Waals surface area contributed by atoms with Crippen molar-refractivity contribution in [3.8, 4) is 0 Å². The number of carbonyl (C=O) groups is 1. The largest absolute Gasteiger partial charge is 0.431 e. The van der Waals surface area contributed by atoms with Gasteiger partial charge in [-0.25, -0.2) is 4.79 Å². The Labute approximate surface area is 124 Å². The Kier molecular flexibility index (Phi) is 12.1.